The molecule has 2 aromatic heterocycles. The number of likely N-dealkylation sites (N-methyl/N-ethyl adjacent to an activating group) is 1. The van der Waals surface area contributed by atoms with Crippen molar-refractivity contribution in [1.29, 1.82) is 0 Å². The largest absolute Gasteiger partial charge is 1.00 e. The Bertz CT molecular complexity index is 1570. The monoisotopic (exact) mass is 729 g/mol. The number of aromatic amines is 1. The Kier molecular flexibility index (Phi) is 9.87. The summed E-state index contributed by atoms with van der Waals surface area (Å²) < 4.78 is 8.12. The van der Waals surface area contributed by atoms with Crippen LogP contribution in [0.3, 0.4) is 0 Å². The van der Waals surface area contributed by atoms with Crippen molar-refractivity contribution < 1.29 is 47.9 Å². The third-order valence-electron chi connectivity index (χ3n) is 7.12. The number of anilines is 1. The van der Waals surface area contributed by atoms with Crippen molar-refractivity contribution in [2.24, 2.45) is 0 Å². The minimum Gasteiger partial charge on any atom is -1.00 e. The van der Waals surface area contributed by atoms with Crippen molar-refractivity contribution in [2.45, 2.75) is 13.0 Å². The van der Waals surface area contributed by atoms with E-state index in [1.165, 1.54) is 12.1 Å². The molecule has 1 aliphatic rings. The van der Waals surface area contributed by atoms with Gasteiger partial charge in [0.05, 0.1) is 47.5 Å². The van der Waals surface area contributed by atoms with Crippen LogP contribution in [0.5, 0.6) is 5.75 Å². The maximum Gasteiger partial charge on any atom is 0.335 e. The highest BCUT2D eigenvalue weighted by molar-refractivity contribution is 7.22. The van der Waals surface area contributed by atoms with Crippen molar-refractivity contribution in [3.63, 3.8) is 0 Å². The molecule has 1 amide bonds. The molecule has 41 heavy (non-hydrogen) atoms. The summed E-state index contributed by atoms with van der Waals surface area (Å²) in [7, 11) is 4.46. The molecule has 5 rings (SSSR count). The number of fused-ring (bicyclic) bond motifs is 1. The fraction of sp³-hybridized carbons (Fsp3) is 0.321. The molecule has 0 saturated carbocycles. The number of piperazine rings is 1. The Hall–Kier alpha value is -2.42. The van der Waals surface area contributed by atoms with Gasteiger partial charge in [-0.1, -0.05) is 64.9 Å². The van der Waals surface area contributed by atoms with Gasteiger partial charge in [-0.2, -0.15) is 0 Å². The number of nitrogens with zero attached hydrogens (tertiary/aromatic N) is 3. The van der Waals surface area contributed by atoms with Crippen LogP contribution in [0.4, 0.5) is 5.13 Å². The number of halogens is 3. The lowest BCUT2D eigenvalue weighted by atomic mass is 10.1. The van der Waals surface area contributed by atoms with E-state index in [0.29, 0.717) is 28.2 Å². The fourth-order valence-electron chi connectivity index (χ4n) is 4.65. The third kappa shape index (κ3) is 7.15. The topological polar surface area (TPSA) is 108 Å². The molecule has 3 heterocycles. The molecule has 9 nitrogen and oxygen atoms in total. The average molecular weight is 730 g/mol. The van der Waals surface area contributed by atoms with Gasteiger partial charge in [0.2, 0.25) is 0 Å². The number of thiazole rings is 1. The number of carboxylic acid groups (broad SMARTS) is 1. The van der Waals surface area contributed by atoms with Crippen LogP contribution in [0.2, 0.25) is 10.0 Å². The number of aromatic carboxylic acids is 1. The van der Waals surface area contributed by atoms with Crippen LogP contribution in [0, 0.1) is 6.92 Å². The molecule has 1 unspecified atom stereocenters. The van der Waals surface area contributed by atoms with E-state index in [2.05, 4.69) is 34.3 Å². The number of quaternary nitrogens is 1. The second-order valence-corrected chi connectivity index (χ2v) is 12.3. The highest BCUT2D eigenvalue weighted by Crippen LogP contribution is 2.37. The molecule has 3 N–H and O–H groups in total. The maximum atomic E-state index is 12.9. The standard InChI is InChI=1S/C28H29Cl2N5O4S.HI/c1-16-22(29)23(30)25(31-16)26(36)33-28-32-24-19(13-18(27(37)38)14-21(24)40-28)39-20(17-7-5-4-6-8-17)15-34-9-11-35(2,3)12-10-34;/h4-8,13-14,20H,9-12,15H2,1-3H3,(H2-,31,32,33,36,37,38);1H. The van der Waals surface area contributed by atoms with Crippen LogP contribution in [-0.2, 0) is 0 Å². The highest BCUT2D eigenvalue weighted by Gasteiger charge is 2.28. The molecule has 0 spiro atoms. The van der Waals surface area contributed by atoms with Crippen LogP contribution in [-0.4, -0.2) is 83.2 Å². The zero-order valence-electron chi connectivity index (χ0n) is 22.7. The molecular weight excluding hydrogens is 700 g/mol. The number of hydrogen-bond acceptors (Lipinski definition) is 6. The van der Waals surface area contributed by atoms with Crippen molar-refractivity contribution in [1.82, 2.24) is 14.9 Å². The first-order valence-electron chi connectivity index (χ1n) is 12.8. The Labute approximate surface area is 269 Å². The first-order chi connectivity index (χ1) is 19.0. The lowest BCUT2D eigenvalue weighted by molar-refractivity contribution is -0.894. The van der Waals surface area contributed by atoms with Crippen molar-refractivity contribution in [2.75, 3.05) is 52.1 Å². The van der Waals surface area contributed by atoms with Crippen LogP contribution in [0.25, 0.3) is 10.2 Å². The van der Waals surface area contributed by atoms with E-state index in [1.54, 1.807) is 6.92 Å². The Morgan fingerprint density at radius 2 is 1.85 bits per heavy atom. The lowest BCUT2D eigenvalue weighted by Gasteiger charge is -2.40. The molecular formula is C28H30Cl2IN5O4S. The van der Waals surface area contributed by atoms with E-state index in [1.807, 2.05) is 30.3 Å². The van der Waals surface area contributed by atoms with Gasteiger partial charge in [0, 0.05) is 25.3 Å². The quantitative estimate of drug-likeness (QED) is 0.190. The molecule has 0 bridgehead atoms. The number of rotatable bonds is 8. The van der Waals surface area contributed by atoms with Crippen molar-refractivity contribution in [3.05, 3.63) is 75.0 Å². The molecule has 1 fully saturated rings. The third-order valence-corrected chi connectivity index (χ3v) is 8.98. The first kappa shape index (κ1) is 31.5. The van der Waals surface area contributed by atoms with Crippen LogP contribution >= 0.6 is 34.5 Å². The number of hydrogen-bond donors (Lipinski definition) is 3. The number of carbonyl (C=O) groups is 2. The van der Waals surface area contributed by atoms with E-state index >= 15 is 0 Å². The number of nitrogens with one attached hydrogen (secondary N) is 2. The smallest absolute Gasteiger partial charge is 0.335 e. The summed E-state index contributed by atoms with van der Waals surface area (Å²) in [6, 6.07) is 12.9. The summed E-state index contributed by atoms with van der Waals surface area (Å²) in [5.41, 5.74) is 2.22. The average Bonchev–Trinajstić information content (AvgIpc) is 3.45. The van der Waals surface area contributed by atoms with Crippen molar-refractivity contribution >= 4 is 61.8 Å². The number of carbonyl (C=O) groups excluding carboxylic acids is 1. The minimum atomic E-state index is -1.08. The number of ether oxygens (including phenoxy) is 1. The first-order valence-corrected chi connectivity index (χ1v) is 14.4. The number of carboxylic acids is 1. The summed E-state index contributed by atoms with van der Waals surface area (Å²) in [6.07, 6.45) is -0.357. The molecule has 4 aromatic rings. The fourth-order valence-corrected chi connectivity index (χ4v) is 5.98. The van der Waals surface area contributed by atoms with E-state index in [0.717, 1.165) is 47.6 Å². The minimum absolute atomic E-state index is 0. The van der Waals surface area contributed by atoms with Gasteiger partial charge in [-0.25, -0.2) is 9.78 Å². The number of H-pyrrole nitrogens is 1. The van der Waals surface area contributed by atoms with Gasteiger partial charge in [0.1, 0.15) is 23.1 Å². The number of aromatic nitrogens is 2. The number of amides is 1. The van der Waals surface area contributed by atoms with E-state index in [4.69, 9.17) is 27.9 Å². The van der Waals surface area contributed by atoms with Gasteiger partial charge in [0.15, 0.2) is 5.13 Å². The molecule has 1 aliphatic heterocycles. The van der Waals surface area contributed by atoms with Crippen molar-refractivity contribution in [3.8, 4) is 5.75 Å². The zero-order chi connectivity index (χ0) is 28.6. The molecule has 0 aliphatic carbocycles. The second kappa shape index (κ2) is 12.8. The molecule has 13 heteroatoms. The summed E-state index contributed by atoms with van der Waals surface area (Å²) in [5, 5.41) is 13.2. The second-order valence-electron chi connectivity index (χ2n) is 10.6. The van der Waals surface area contributed by atoms with E-state index < -0.39 is 11.9 Å². The molecule has 218 valence electrons. The zero-order valence-corrected chi connectivity index (χ0v) is 27.2. The Morgan fingerprint density at radius 3 is 2.46 bits per heavy atom. The van der Waals surface area contributed by atoms with Gasteiger partial charge in [0.25, 0.3) is 5.91 Å². The highest BCUT2D eigenvalue weighted by atomic mass is 127. The summed E-state index contributed by atoms with van der Waals surface area (Å²) in [4.78, 5) is 34.8. The molecule has 0 radical (unpaired) electrons. The Morgan fingerprint density at radius 1 is 1.17 bits per heavy atom. The molecule has 1 atom stereocenters. The van der Waals surface area contributed by atoms with Crippen LogP contribution in [0.1, 0.15) is 38.2 Å². The summed E-state index contributed by atoms with van der Waals surface area (Å²) in [6.45, 7) is 6.29. The summed E-state index contributed by atoms with van der Waals surface area (Å²) >= 11 is 13.5. The maximum absolute atomic E-state index is 12.9. The van der Waals surface area contributed by atoms with Gasteiger partial charge < -0.3 is 43.3 Å². The SMILES string of the molecule is Cc1[nH]c(C(=O)Nc2nc3c(OC(CN4CC[N+](C)(C)CC4)c4ccccc4)cc(C(=O)O)cc3s2)c(Cl)c1Cl.[I-]. The van der Waals surface area contributed by atoms with Crippen LogP contribution < -0.4 is 34.0 Å². The molecule has 1 saturated heterocycles. The van der Waals surface area contributed by atoms with Gasteiger partial charge in [-0.3, -0.25) is 15.0 Å². The van der Waals surface area contributed by atoms with Gasteiger partial charge >= 0.3 is 5.97 Å². The number of benzene rings is 2. The van der Waals surface area contributed by atoms with Crippen LogP contribution in [0.15, 0.2) is 42.5 Å². The normalized spacial score (nSPS) is 15.7. The predicted molar refractivity (Wildman–Crippen MR) is 158 cm³/mol. The van der Waals surface area contributed by atoms with E-state index in [-0.39, 0.29) is 56.5 Å². The van der Waals surface area contributed by atoms with Gasteiger partial charge in [-0.05, 0) is 24.6 Å². The van der Waals surface area contributed by atoms with Gasteiger partial charge in [-0.15, -0.1) is 0 Å². The summed E-state index contributed by atoms with van der Waals surface area (Å²) in [5.74, 6) is -1.25. The predicted octanol–water partition coefficient (Wildman–Crippen LogP) is 2.71. The molecule has 2 aromatic carbocycles. The lowest BCUT2D eigenvalue weighted by Crippen LogP contribution is -3.00. The number of aryl methyl sites for hydroxylation is 1. The van der Waals surface area contributed by atoms with E-state index in [9.17, 15) is 14.7 Å². The Balaban J connectivity index is 0.00000387.